The highest BCUT2D eigenvalue weighted by Gasteiger charge is 2.39. The van der Waals surface area contributed by atoms with Crippen molar-refractivity contribution in [3.63, 3.8) is 0 Å². The summed E-state index contributed by atoms with van der Waals surface area (Å²) in [5, 5.41) is 23.1. The topological polar surface area (TPSA) is 75.3 Å². The first-order chi connectivity index (χ1) is 7.73. The number of aromatic nitrogens is 2. The molecule has 5 nitrogen and oxygen atoms in total. The number of carboxylic acid groups (broad SMARTS) is 1. The summed E-state index contributed by atoms with van der Waals surface area (Å²) >= 11 is 0. The van der Waals surface area contributed by atoms with E-state index in [4.69, 9.17) is 5.11 Å². The minimum absolute atomic E-state index is 0.728. The Hall–Kier alpha value is -1.36. The maximum absolute atomic E-state index is 10.9. The van der Waals surface area contributed by atoms with Crippen molar-refractivity contribution in [3.05, 3.63) is 17.0 Å². The smallest absolute Gasteiger partial charge is 0.333 e. The molecule has 0 spiro atoms. The van der Waals surface area contributed by atoms with Gasteiger partial charge in [0.15, 0.2) is 6.10 Å². The van der Waals surface area contributed by atoms with Crippen molar-refractivity contribution in [1.82, 2.24) is 9.78 Å². The molecule has 0 fully saturated rings. The third-order valence-electron chi connectivity index (χ3n) is 3.24. The average Bonchev–Trinajstić information content (AvgIpc) is 2.52. The summed E-state index contributed by atoms with van der Waals surface area (Å²) in [7, 11) is 0. The summed E-state index contributed by atoms with van der Waals surface area (Å²) in [6, 6.07) is 0. The Morgan fingerprint density at radius 3 is 2.35 bits per heavy atom. The Kier molecular flexibility index (Phi) is 3.62. The zero-order valence-corrected chi connectivity index (χ0v) is 11.0. The van der Waals surface area contributed by atoms with Crippen LogP contribution >= 0.6 is 0 Å². The van der Waals surface area contributed by atoms with E-state index in [0.717, 1.165) is 23.5 Å². The largest absolute Gasteiger partial charge is 0.479 e. The van der Waals surface area contributed by atoms with Gasteiger partial charge in [-0.05, 0) is 20.8 Å². The van der Waals surface area contributed by atoms with Gasteiger partial charge in [0, 0.05) is 23.2 Å². The number of carbonyl (C=O) groups is 1. The maximum Gasteiger partial charge on any atom is 0.333 e. The SMILES string of the molecule is CCn1nc(C)c(C(C)(C)C(O)C(=O)O)c1C. The van der Waals surface area contributed by atoms with Crippen LogP contribution in [0.5, 0.6) is 0 Å². The van der Waals surface area contributed by atoms with Crippen LogP contribution in [0, 0.1) is 13.8 Å². The summed E-state index contributed by atoms with van der Waals surface area (Å²) in [5.41, 5.74) is 1.65. The second kappa shape index (κ2) is 4.49. The van der Waals surface area contributed by atoms with Crippen LogP contribution in [-0.2, 0) is 16.8 Å². The normalized spacial score (nSPS) is 13.8. The quantitative estimate of drug-likeness (QED) is 0.830. The van der Waals surface area contributed by atoms with Gasteiger partial charge in [-0.1, -0.05) is 13.8 Å². The fraction of sp³-hybridized carbons (Fsp3) is 0.667. The number of rotatable bonds is 4. The fourth-order valence-electron chi connectivity index (χ4n) is 2.38. The van der Waals surface area contributed by atoms with Gasteiger partial charge in [0.05, 0.1) is 5.69 Å². The fourth-order valence-corrected chi connectivity index (χ4v) is 2.38. The first kappa shape index (κ1) is 13.7. The van der Waals surface area contributed by atoms with Gasteiger partial charge in [-0.2, -0.15) is 5.10 Å². The summed E-state index contributed by atoms with van der Waals surface area (Å²) in [6.07, 6.45) is -1.44. The zero-order chi connectivity index (χ0) is 13.4. The molecule has 0 bridgehead atoms. The molecule has 5 heteroatoms. The molecule has 0 aliphatic carbocycles. The predicted molar refractivity (Wildman–Crippen MR) is 64.0 cm³/mol. The molecule has 17 heavy (non-hydrogen) atoms. The highest BCUT2D eigenvalue weighted by molar-refractivity contribution is 5.74. The van der Waals surface area contributed by atoms with Gasteiger partial charge in [-0.3, -0.25) is 4.68 Å². The Morgan fingerprint density at radius 1 is 1.47 bits per heavy atom. The van der Waals surface area contributed by atoms with Crippen LogP contribution in [0.15, 0.2) is 0 Å². The van der Waals surface area contributed by atoms with Gasteiger partial charge in [0.25, 0.3) is 0 Å². The van der Waals surface area contributed by atoms with E-state index >= 15 is 0 Å². The number of hydrogen-bond acceptors (Lipinski definition) is 3. The van der Waals surface area contributed by atoms with Crippen LogP contribution in [0.3, 0.4) is 0 Å². The van der Waals surface area contributed by atoms with Crippen LogP contribution in [0.1, 0.15) is 37.7 Å². The van der Waals surface area contributed by atoms with Crippen molar-refractivity contribution in [2.75, 3.05) is 0 Å². The van der Waals surface area contributed by atoms with Crippen molar-refractivity contribution in [3.8, 4) is 0 Å². The van der Waals surface area contributed by atoms with Gasteiger partial charge < -0.3 is 10.2 Å². The Labute approximate surface area is 101 Å². The standard InChI is InChI=1S/C12H20N2O3/c1-6-14-8(3)9(7(2)13-14)12(4,5)10(15)11(16)17/h10,15H,6H2,1-5H3,(H,16,17). The highest BCUT2D eigenvalue weighted by atomic mass is 16.4. The number of aliphatic hydroxyl groups excluding tert-OH is 1. The van der Waals surface area contributed by atoms with Crippen molar-refractivity contribution in [2.24, 2.45) is 0 Å². The zero-order valence-electron chi connectivity index (χ0n) is 11.0. The van der Waals surface area contributed by atoms with E-state index in [1.54, 1.807) is 13.8 Å². The first-order valence-electron chi connectivity index (χ1n) is 5.68. The molecule has 1 aromatic rings. The van der Waals surface area contributed by atoms with Crippen molar-refractivity contribution < 1.29 is 15.0 Å². The van der Waals surface area contributed by atoms with Gasteiger partial charge in [-0.15, -0.1) is 0 Å². The van der Waals surface area contributed by atoms with Crippen LogP contribution in [-0.4, -0.2) is 32.1 Å². The highest BCUT2D eigenvalue weighted by Crippen LogP contribution is 2.32. The Bertz CT molecular complexity index is 435. The molecule has 0 saturated carbocycles. The van der Waals surface area contributed by atoms with Crippen LogP contribution in [0.25, 0.3) is 0 Å². The Morgan fingerprint density at radius 2 is 2.00 bits per heavy atom. The van der Waals surface area contributed by atoms with Gasteiger partial charge in [0.2, 0.25) is 0 Å². The maximum atomic E-state index is 10.9. The van der Waals surface area contributed by atoms with Crippen LogP contribution < -0.4 is 0 Å². The number of aryl methyl sites for hydroxylation is 2. The van der Waals surface area contributed by atoms with Crippen LogP contribution in [0.4, 0.5) is 0 Å². The molecule has 0 aliphatic heterocycles. The molecule has 0 radical (unpaired) electrons. The molecule has 0 aliphatic rings. The van der Waals surface area contributed by atoms with Crippen molar-refractivity contribution in [2.45, 2.75) is 52.7 Å². The van der Waals surface area contributed by atoms with Gasteiger partial charge in [-0.25, -0.2) is 4.79 Å². The summed E-state index contributed by atoms with van der Waals surface area (Å²) in [6.45, 7) is 9.89. The summed E-state index contributed by atoms with van der Waals surface area (Å²) in [4.78, 5) is 10.9. The lowest BCUT2D eigenvalue weighted by molar-refractivity contribution is -0.150. The molecule has 0 amide bonds. The second-order valence-electron chi connectivity index (χ2n) is 4.82. The third kappa shape index (κ3) is 2.20. The van der Waals surface area contributed by atoms with E-state index in [-0.39, 0.29) is 0 Å². The lowest BCUT2D eigenvalue weighted by Gasteiger charge is -2.28. The van der Waals surface area contributed by atoms with Crippen molar-refractivity contribution in [1.29, 1.82) is 0 Å². The lowest BCUT2D eigenvalue weighted by atomic mass is 9.78. The molecule has 0 saturated heterocycles. The first-order valence-corrected chi connectivity index (χ1v) is 5.68. The molecule has 0 aromatic carbocycles. The molecular weight excluding hydrogens is 220 g/mol. The third-order valence-corrected chi connectivity index (χ3v) is 3.24. The van der Waals surface area contributed by atoms with E-state index in [1.165, 1.54) is 0 Å². The molecule has 1 heterocycles. The van der Waals surface area contributed by atoms with Gasteiger partial charge in [0.1, 0.15) is 0 Å². The average molecular weight is 240 g/mol. The van der Waals surface area contributed by atoms with E-state index in [2.05, 4.69) is 5.10 Å². The molecule has 1 rings (SSSR count). The molecule has 2 N–H and O–H groups in total. The minimum Gasteiger partial charge on any atom is -0.479 e. The number of aliphatic carboxylic acids is 1. The Balaban J connectivity index is 3.32. The predicted octanol–water partition coefficient (Wildman–Crippen LogP) is 1.24. The molecular formula is C12H20N2O3. The molecule has 1 aromatic heterocycles. The molecule has 1 atom stereocenters. The minimum atomic E-state index is -1.44. The number of hydrogen-bond donors (Lipinski definition) is 2. The van der Waals surface area contributed by atoms with E-state index in [0.29, 0.717) is 0 Å². The second-order valence-corrected chi connectivity index (χ2v) is 4.82. The summed E-state index contributed by atoms with van der Waals surface area (Å²) < 4.78 is 1.82. The lowest BCUT2D eigenvalue weighted by Crippen LogP contribution is -2.40. The van der Waals surface area contributed by atoms with Crippen LogP contribution in [0.2, 0.25) is 0 Å². The molecule has 1 unspecified atom stereocenters. The van der Waals surface area contributed by atoms with E-state index in [9.17, 15) is 9.90 Å². The number of aliphatic hydroxyl groups is 1. The van der Waals surface area contributed by atoms with Gasteiger partial charge >= 0.3 is 5.97 Å². The van der Waals surface area contributed by atoms with E-state index in [1.807, 2.05) is 25.5 Å². The molecule has 96 valence electrons. The monoisotopic (exact) mass is 240 g/mol. The number of nitrogens with zero attached hydrogens (tertiary/aromatic N) is 2. The summed E-state index contributed by atoms with van der Waals surface area (Å²) in [5.74, 6) is -1.21. The van der Waals surface area contributed by atoms with Crippen molar-refractivity contribution >= 4 is 5.97 Å². The number of carboxylic acids is 1. The van der Waals surface area contributed by atoms with E-state index < -0.39 is 17.5 Å².